The number of nitrogens with zero attached hydrogens (tertiary/aromatic N) is 2. The van der Waals surface area contributed by atoms with Gasteiger partial charge in [0.05, 0.1) is 18.9 Å². The van der Waals surface area contributed by atoms with Gasteiger partial charge in [-0.05, 0) is 50.8 Å². The highest BCUT2D eigenvalue weighted by molar-refractivity contribution is 5.80. The summed E-state index contributed by atoms with van der Waals surface area (Å²) in [6.45, 7) is 5.07. The summed E-state index contributed by atoms with van der Waals surface area (Å²) in [5.74, 6) is 1.64. The molecule has 0 spiro atoms. The summed E-state index contributed by atoms with van der Waals surface area (Å²) in [4.78, 5) is 21.6. The Balaban J connectivity index is 1.34. The molecular formula is C26H30N2O5. The summed E-state index contributed by atoms with van der Waals surface area (Å²) < 4.78 is 22.8. The van der Waals surface area contributed by atoms with Crippen molar-refractivity contribution >= 4 is 5.97 Å². The van der Waals surface area contributed by atoms with Gasteiger partial charge < -0.3 is 18.6 Å². The molecule has 174 valence electrons. The molecule has 1 fully saturated rings. The van der Waals surface area contributed by atoms with E-state index in [1.165, 1.54) is 0 Å². The number of hydrogen-bond donors (Lipinski definition) is 0. The van der Waals surface area contributed by atoms with E-state index in [0.29, 0.717) is 50.9 Å². The molecule has 7 nitrogen and oxygen atoms in total. The minimum absolute atomic E-state index is 0.289. The van der Waals surface area contributed by atoms with E-state index in [1.807, 2.05) is 56.3 Å². The topological polar surface area (TPSA) is 83.7 Å². The molecule has 4 rings (SSSR count). The fourth-order valence-electron chi connectivity index (χ4n) is 4.03. The number of oxazole rings is 1. The first-order chi connectivity index (χ1) is 16.1. The molecule has 2 aromatic heterocycles. The first kappa shape index (κ1) is 23.0. The van der Waals surface area contributed by atoms with Crippen LogP contribution in [-0.2, 0) is 27.1 Å². The number of carbonyl (C=O) groups is 1. The number of carbonyl (C=O) groups excluding carboxylic acids is 1. The molecular weight excluding hydrogens is 420 g/mol. The van der Waals surface area contributed by atoms with Gasteiger partial charge in [-0.1, -0.05) is 24.3 Å². The molecule has 33 heavy (non-hydrogen) atoms. The minimum Gasteiger partial charge on any atom is -0.477 e. The Bertz CT molecular complexity index is 1040. The quantitative estimate of drug-likeness (QED) is 0.437. The third-order valence-corrected chi connectivity index (χ3v) is 5.79. The number of aromatic nitrogens is 2. The number of esters is 1. The van der Waals surface area contributed by atoms with Crippen LogP contribution < -0.4 is 4.74 Å². The van der Waals surface area contributed by atoms with Crippen LogP contribution in [0.25, 0.3) is 11.5 Å². The second-order valence-electron chi connectivity index (χ2n) is 8.19. The van der Waals surface area contributed by atoms with Crippen molar-refractivity contribution in [3.8, 4) is 17.3 Å². The van der Waals surface area contributed by atoms with Crippen molar-refractivity contribution in [2.75, 3.05) is 19.8 Å². The Morgan fingerprint density at radius 1 is 1.15 bits per heavy atom. The first-order valence-corrected chi connectivity index (χ1v) is 11.5. The average Bonchev–Trinajstić information content (AvgIpc) is 3.22. The second-order valence-corrected chi connectivity index (χ2v) is 8.19. The standard InChI is InChI=1S/C26H30N2O5/c1-3-30-25(29)26(14-7-8-15-32-26)17-20-11-12-23(27-18-20)31-16-13-22-19(2)33-24(28-22)21-9-5-4-6-10-21/h4-6,9-12,18H,3,7-8,13-17H2,1-2H3. The predicted molar refractivity (Wildman–Crippen MR) is 123 cm³/mol. The number of benzene rings is 1. The van der Waals surface area contributed by atoms with Crippen LogP contribution in [0.2, 0.25) is 0 Å². The maximum Gasteiger partial charge on any atom is 0.338 e. The van der Waals surface area contributed by atoms with Crippen LogP contribution in [0.3, 0.4) is 0 Å². The van der Waals surface area contributed by atoms with Gasteiger partial charge in [-0.15, -0.1) is 0 Å². The van der Waals surface area contributed by atoms with Gasteiger partial charge in [0, 0.05) is 37.3 Å². The monoisotopic (exact) mass is 450 g/mol. The molecule has 0 radical (unpaired) electrons. The molecule has 3 heterocycles. The van der Waals surface area contributed by atoms with Gasteiger partial charge >= 0.3 is 5.97 Å². The third kappa shape index (κ3) is 5.60. The zero-order chi connectivity index (χ0) is 23.1. The molecule has 0 saturated carbocycles. The number of ether oxygens (including phenoxy) is 3. The van der Waals surface area contributed by atoms with Gasteiger partial charge in [-0.3, -0.25) is 0 Å². The molecule has 1 aliphatic rings. The van der Waals surface area contributed by atoms with Crippen LogP contribution in [0.5, 0.6) is 5.88 Å². The zero-order valence-corrected chi connectivity index (χ0v) is 19.2. The maximum absolute atomic E-state index is 12.6. The van der Waals surface area contributed by atoms with Crippen molar-refractivity contribution in [2.24, 2.45) is 0 Å². The number of hydrogen-bond acceptors (Lipinski definition) is 7. The summed E-state index contributed by atoms with van der Waals surface area (Å²) >= 11 is 0. The highest BCUT2D eigenvalue weighted by Crippen LogP contribution is 2.30. The molecule has 0 aliphatic carbocycles. The maximum atomic E-state index is 12.6. The second kappa shape index (κ2) is 10.6. The molecule has 0 N–H and O–H groups in total. The van der Waals surface area contributed by atoms with Gasteiger partial charge in [0.2, 0.25) is 11.8 Å². The van der Waals surface area contributed by atoms with Crippen molar-refractivity contribution in [3.63, 3.8) is 0 Å². The van der Waals surface area contributed by atoms with Crippen LogP contribution in [0.1, 0.15) is 43.2 Å². The lowest BCUT2D eigenvalue weighted by atomic mass is 9.87. The van der Waals surface area contributed by atoms with E-state index in [1.54, 1.807) is 6.20 Å². The van der Waals surface area contributed by atoms with Crippen LogP contribution in [-0.4, -0.2) is 41.4 Å². The number of pyridine rings is 1. The lowest BCUT2D eigenvalue weighted by Gasteiger charge is -2.35. The van der Waals surface area contributed by atoms with E-state index in [2.05, 4.69) is 9.97 Å². The Morgan fingerprint density at radius 3 is 2.70 bits per heavy atom. The van der Waals surface area contributed by atoms with Gasteiger partial charge in [0.15, 0.2) is 5.60 Å². The van der Waals surface area contributed by atoms with E-state index in [9.17, 15) is 4.79 Å². The molecule has 3 aromatic rings. The molecule has 7 heteroatoms. The smallest absolute Gasteiger partial charge is 0.338 e. The average molecular weight is 451 g/mol. The molecule has 0 bridgehead atoms. The lowest BCUT2D eigenvalue weighted by molar-refractivity contribution is -0.178. The SMILES string of the molecule is CCOC(=O)C1(Cc2ccc(OCCc3nc(-c4ccccc4)oc3C)nc2)CCCCO1. The van der Waals surface area contributed by atoms with Gasteiger partial charge in [0.1, 0.15) is 5.76 Å². The number of rotatable bonds is 9. The molecule has 1 atom stereocenters. The first-order valence-electron chi connectivity index (χ1n) is 11.5. The highest BCUT2D eigenvalue weighted by Gasteiger charge is 2.42. The van der Waals surface area contributed by atoms with Crippen molar-refractivity contribution < 1.29 is 23.4 Å². The van der Waals surface area contributed by atoms with Crippen molar-refractivity contribution in [3.05, 3.63) is 65.7 Å². The molecule has 0 amide bonds. The van der Waals surface area contributed by atoms with Gasteiger partial charge in [0.25, 0.3) is 0 Å². The van der Waals surface area contributed by atoms with Gasteiger partial charge in [-0.25, -0.2) is 14.8 Å². The summed E-state index contributed by atoms with van der Waals surface area (Å²) in [5, 5.41) is 0. The third-order valence-electron chi connectivity index (χ3n) is 5.79. The van der Waals surface area contributed by atoms with Gasteiger partial charge in [-0.2, -0.15) is 0 Å². The van der Waals surface area contributed by atoms with E-state index in [4.69, 9.17) is 18.6 Å². The Kier molecular flexibility index (Phi) is 7.40. The van der Waals surface area contributed by atoms with E-state index < -0.39 is 5.60 Å². The van der Waals surface area contributed by atoms with E-state index in [-0.39, 0.29) is 5.97 Å². The van der Waals surface area contributed by atoms with Crippen LogP contribution in [0, 0.1) is 6.92 Å². The Labute approximate surface area is 194 Å². The van der Waals surface area contributed by atoms with Crippen molar-refractivity contribution in [1.82, 2.24) is 9.97 Å². The van der Waals surface area contributed by atoms with Crippen LogP contribution in [0.4, 0.5) is 0 Å². The van der Waals surface area contributed by atoms with E-state index >= 15 is 0 Å². The van der Waals surface area contributed by atoms with E-state index in [0.717, 1.165) is 35.4 Å². The summed E-state index contributed by atoms with van der Waals surface area (Å²) in [5.41, 5.74) is 1.82. The Hall–Kier alpha value is -3.19. The minimum atomic E-state index is -0.917. The zero-order valence-electron chi connectivity index (χ0n) is 19.2. The molecule has 1 unspecified atom stereocenters. The fourth-order valence-corrected chi connectivity index (χ4v) is 4.03. The number of aryl methyl sites for hydroxylation is 1. The highest BCUT2D eigenvalue weighted by atomic mass is 16.6. The largest absolute Gasteiger partial charge is 0.477 e. The fraction of sp³-hybridized carbons (Fsp3) is 0.423. The molecule has 1 aromatic carbocycles. The molecule has 1 aliphatic heterocycles. The lowest BCUT2D eigenvalue weighted by Crippen LogP contribution is -2.47. The Morgan fingerprint density at radius 2 is 2.00 bits per heavy atom. The predicted octanol–water partition coefficient (Wildman–Crippen LogP) is 4.71. The normalized spacial score (nSPS) is 18.1. The summed E-state index contributed by atoms with van der Waals surface area (Å²) in [6.07, 6.45) is 5.37. The van der Waals surface area contributed by atoms with Crippen molar-refractivity contribution in [1.29, 1.82) is 0 Å². The van der Waals surface area contributed by atoms with Crippen LogP contribution in [0.15, 0.2) is 53.1 Å². The summed E-state index contributed by atoms with van der Waals surface area (Å²) in [6, 6.07) is 13.6. The molecule has 1 saturated heterocycles. The van der Waals surface area contributed by atoms with Crippen LogP contribution >= 0.6 is 0 Å². The van der Waals surface area contributed by atoms with Crippen molar-refractivity contribution in [2.45, 2.75) is 51.6 Å². The summed E-state index contributed by atoms with van der Waals surface area (Å²) in [7, 11) is 0.